The number of nitrogens with two attached hydrogens (primary N) is 1. The van der Waals surface area contributed by atoms with Gasteiger partial charge >= 0.3 is 0 Å². The van der Waals surface area contributed by atoms with Gasteiger partial charge in [-0.3, -0.25) is 4.99 Å². The quantitative estimate of drug-likeness (QED) is 0.647. The fourth-order valence-electron chi connectivity index (χ4n) is 2.23. The highest BCUT2D eigenvalue weighted by Crippen LogP contribution is 2.35. The summed E-state index contributed by atoms with van der Waals surface area (Å²) < 4.78 is 5.52. The first-order valence-electron chi connectivity index (χ1n) is 6.74. The Morgan fingerprint density at radius 2 is 2.11 bits per heavy atom. The van der Waals surface area contributed by atoms with Gasteiger partial charge < -0.3 is 15.8 Å². The Balaban J connectivity index is 1.96. The highest BCUT2D eigenvalue weighted by Gasteiger charge is 2.36. The van der Waals surface area contributed by atoms with Crippen molar-refractivity contribution < 1.29 is 4.74 Å². The van der Waals surface area contributed by atoms with Crippen molar-refractivity contribution >= 4 is 11.6 Å². The molecule has 3 N–H and O–H groups in total. The second kappa shape index (κ2) is 5.61. The van der Waals surface area contributed by atoms with Gasteiger partial charge in [-0.1, -0.05) is 6.07 Å². The molecule has 0 radical (unpaired) electrons. The van der Waals surface area contributed by atoms with E-state index in [2.05, 4.69) is 36.3 Å². The fourth-order valence-corrected chi connectivity index (χ4v) is 2.23. The maximum Gasteiger partial charge on any atom is 0.193 e. The van der Waals surface area contributed by atoms with Crippen LogP contribution in [0.1, 0.15) is 30.4 Å². The molecule has 0 aliphatic heterocycles. The smallest absolute Gasteiger partial charge is 0.193 e. The lowest BCUT2D eigenvalue weighted by molar-refractivity contribution is -0.0629. The van der Waals surface area contributed by atoms with Crippen molar-refractivity contribution in [1.82, 2.24) is 0 Å². The first-order chi connectivity index (χ1) is 9.04. The van der Waals surface area contributed by atoms with Crippen molar-refractivity contribution in [1.29, 1.82) is 0 Å². The van der Waals surface area contributed by atoms with Crippen LogP contribution in [0.2, 0.25) is 0 Å². The van der Waals surface area contributed by atoms with E-state index in [0.717, 1.165) is 18.5 Å². The van der Waals surface area contributed by atoms with Gasteiger partial charge in [0, 0.05) is 12.8 Å². The van der Waals surface area contributed by atoms with Crippen molar-refractivity contribution in [3.63, 3.8) is 0 Å². The summed E-state index contributed by atoms with van der Waals surface area (Å²) in [7, 11) is 1.75. The number of ether oxygens (including phenoxy) is 1. The van der Waals surface area contributed by atoms with Crippen LogP contribution in [0.25, 0.3) is 0 Å². The fraction of sp³-hybridized carbons (Fsp3) is 0.533. The Labute approximate surface area is 115 Å². The predicted octanol–water partition coefficient (Wildman–Crippen LogP) is 2.60. The molecule has 0 amide bonds. The van der Waals surface area contributed by atoms with Crippen LogP contribution in [-0.4, -0.2) is 25.2 Å². The average molecular weight is 261 g/mol. The van der Waals surface area contributed by atoms with Crippen LogP contribution in [0, 0.1) is 13.8 Å². The van der Waals surface area contributed by atoms with Crippen molar-refractivity contribution in [2.24, 2.45) is 10.7 Å². The van der Waals surface area contributed by atoms with Crippen molar-refractivity contribution in [3.8, 4) is 0 Å². The zero-order valence-electron chi connectivity index (χ0n) is 12.0. The van der Waals surface area contributed by atoms with Gasteiger partial charge in [0.05, 0.1) is 12.1 Å². The van der Waals surface area contributed by atoms with Gasteiger partial charge in [-0.15, -0.1) is 0 Å². The zero-order valence-corrected chi connectivity index (χ0v) is 12.0. The van der Waals surface area contributed by atoms with Gasteiger partial charge in [-0.2, -0.15) is 0 Å². The second-order valence-electron chi connectivity index (χ2n) is 5.37. The summed E-state index contributed by atoms with van der Waals surface area (Å²) in [5.41, 5.74) is 9.33. The summed E-state index contributed by atoms with van der Waals surface area (Å²) in [5.74, 6) is 0.451. The van der Waals surface area contributed by atoms with Gasteiger partial charge in [-0.05, 0) is 56.4 Å². The summed E-state index contributed by atoms with van der Waals surface area (Å²) in [4.78, 5) is 4.39. The summed E-state index contributed by atoms with van der Waals surface area (Å²) in [6.07, 6.45) is 3.36. The largest absolute Gasteiger partial charge is 0.376 e. The molecule has 1 saturated carbocycles. The minimum atomic E-state index is -0.0739. The van der Waals surface area contributed by atoms with Crippen LogP contribution in [0.3, 0.4) is 0 Å². The third-order valence-electron chi connectivity index (χ3n) is 4.01. The molecule has 4 nitrogen and oxygen atoms in total. The molecule has 1 aromatic rings. The third kappa shape index (κ3) is 3.26. The minimum absolute atomic E-state index is 0.0739. The maximum absolute atomic E-state index is 5.92. The standard InChI is InChI=1S/C15H23N3O/c1-11-5-6-13(9-12(11)2)18-14(16)17-10-15(19-3)7-4-8-15/h5-6,9H,4,7-8,10H2,1-3H3,(H3,16,17,18). The molecular formula is C15H23N3O. The summed E-state index contributed by atoms with van der Waals surface area (Å²) in [6.45, 7) is 4.81. The topological polar surface area (TPSA) is 59.6 Å². The zero-order chi connectivity index (χ0) is 13.9. The van der Waals surface area contributed by atoms with Gasteiger partial charge in [0.25, 0.3) is 0 Å². The molecule has 4 heteroatoms. The highest BCUT2D eigenvalue weighted by molar-refractivity contribution is 5.92. The number of benzene rings is 1. The molecule has 0 bridgehead atoms. The lowest BCUT2D eigenvalue weighted by Gasteiger charge is -2.39. The van der Waals surface area contributed by atoms with E-state index in [9.17, 15) is 0 Å². The molecule has 0 heterocycles. The molecule has 0 unspecified atom stereocenters. The SMILES string of the molecule is COC1(CN=C(N)Nc2ccc(C)c(C)c2)CCC1. The molecule has 0 saturated heterocycles. The van der Waals surface area contributed by atoms with E-state index in [1.807, 2.05) is 6.07 Å². The van der Waals surface area contributed by atoms with Gasteiger partial charge in [0.2, 0.25) is 0 Å². The Bertz CT molecular complexity index is 473. The van der Waals surface area contributed by atoms with Gasteiger partial charge in [-0.25, -0.2) is 0 Å². The lowest BCUT2D eigenvalue weighted by atomic mass is 9.80. The van der Waals surface area contributed by atoms with E-state index < -0.39 is 0 Å². The third-order valence-corrected chi connectivity index (χ3v) is 4.01. The van der Waals surface area contributed by atoms with Crippen molar-refractivity contribution in [2.45, 2.75) is 38.7 Å². The monoisotopic (exact) mass is 261 g/mol. The highest BCUT2D eigenvalue weighted by atomic mass is 16.5. The summed E-state index contributed by atoms with van der Waals surface area (Å²) in [6, 6.07) is 6.17. The van der Waals surface area contributed by atoms with Crippen LogP contribution in [0.15, 0.2) is 23.2 Å². The van der Waals surface area contributed by atoms with Crippen molar-refractivity contribution in [2.75, 3.05) is 19.0 Å². The first-order valence-corrected chi connectivity index (χ1v) is 6.74. The Hall–Kier alpha value is -1.55. The number of hydrogen-bond donors (Lipinski definition) is 2. The molecule has 19 heavy (non-hydrogen) atoms. The van der Waals surface area contributed by atoms with Crippen LogP contribution in [-0.2, 0) is 4.74 Å². The number of nitrogens with zero attached hydrogens (tertiary/aromatic N) is 1. The molecule has 1 fully saturated rings. The van der Waals surface area contributed by atoms with Crippen LogP contribution >= 0.6 is 0 Å². The molecule has 104 valence electrons. The molecule has 2 rings (SSSR count). The maximum atomic E-state index is 5.92. The van der Waals surface area contributed by atoms with E-state index in [4.69, 9.17) is 10.5 Å². The lowest BCUT2D eigenvalue weighted by Crippen LogP contribution is -2.43. The van der Waals surface area contributed by atoms with Crippen LogP contribution < -0.4 is 11.1 Å². The Kier molecular flexibility index (Phi) is 4.10. The second-order valence-corrected chi connectivity index (χ2v) is 5.37. The van der Waals surface area contributed by atoms with E-state index >= 15 is 0 Å². The Morgan fingerprint density at radius 1 is 1.37 bits per heavy atom. The first kappa shape index (κ1) is 13.9. The number of aryl methyl sites for hydroxylation is 2. The summed E-state index contributed by atoms with van der Waals surface area (Å²) >= 11 is 0. The van der Waals surface area contributed by atoms with Crippen molar-refractivity contribution in [3.05, 3.63) is 29.3 Å². The normalized spacial score (nSPS) is 17.9. The molecule has 0 spiro atoms. The molecule has 0 atom stereocenters. The van der Waals surface area contributed by atoms with E-state index in [1.54, 1.807) is 7.11 Å². The number of guanidine groups is 1. The van der Waals surface area contributed by atoms with Crippen LogP contribution in [0.5, 0.6) is 0 Å². The average Bonchev–Trinajstić information content (AvgIpc) is 2.33. The predicted molar refractivity (Wildman–Crippen MR) is 79.6 cm³/mol. The number of aliphatic imine (C=N–C) groups is 1. The Morgan fingerprint density at radius 3 is 2.63 bits per heavy atom. The molecule has 1 aromatic carbocycles. The van der Waals surface area contributed by atoms with E-state index in [-0.39, 0.29) is 5.60 Å². The number of anilines is 1. The number of nitrogens with one attached hydrogen (secondary N) is 1. The molecule has 0 aromatic heterocycles. The number of hydrogen-bond acceptors (Lipinski definition) is 2. The molecular weight excluding hydrogens is 238 g/mol. The minimum Gasteiger partial charge on any atom is -0.376 e. The van der Waals surface area contributed by atoms with E-state index in [1.165, 1.54) is 17.5 Å². The number of rotatable bonds is 4. The van der Waals surface area contributed by atoms with Gasteiger partial charge in [0.1, 0.15) is 0 Å². The van der Waals surface area contributed by atoms with E-state index in [0.29, 0.717) is 12.5 Å². The van der Waals surface area contributed by atoms with Crippen LogP contribution in [0.4, 0.5) is 5.69 Å². The molecule has 1 aliphatic rings. The van der Waals surface area contributed by atoms with Gasteiger partial charge in [0.15, 0.2) is 5.96 Å². The number of methoxy groups -OCH3 is 1. The molecule has 1 aliphatic carbocycles. The summed E-state index contributed by atoms with van der Waals surface area (Å²) in [5, 5.41) is 3.13.